The molecule has 3 heteroatoms. The van der Waals surface area contributed by atoms with E-state index >= 15 is 0 Å². The summed E-state index contributed by atoms with van der Waals surface area (Å²) in [5.41, 5.74) is 0.929. The lowest BCUT2D eigenvalue weighted by molar-refractivity contribution is 0.472. The quantitative estimate of drug-likeness (QED) is 0.746. The minimum atomic E-state index is 0.326. The molecule has 0 amide bonds. The number of hydrogen-bond donors (Lipinski definition) is 2. The summed E-state index contributed by atoms with van der Waals surface area (Å²) in [5, 5.41) is 12.1. The Morgan fingerprint density at radius 2 is 2.20 bits per heavy atom. The summed E-state index contributed by atoms with van der Waals surface area (Å²) in [6.45, 7) is 0. The van der Waals surface area contributed by atoms with Crippen LogP contribution >= 0.6 is 22.6 Å². The van der Waals surface area contributed by atoms with Crippen LogP contribution in [0.25, 0.3) is 0 Å². The Kier molecular flexibility index (Phi) is 2.37. The molecule has 2 N–H and O–H groups in total. The number of hydrogen-bond acceptors (Lipinski definition) is 2. The van der Waals surface area contributed by atoms with Gasteiger partial charge in [0.1, 0.15) is 5.75 Å². The van der Waals surface area contributed by atoms with Gasteiger partial charge in [-0.15, -0.1) is 0 Å². The molecule has 54 valence electrons. The van der Waals surface area contributed by atoms with Crippen LogP contribution in [0.2, 0.25) is 0 Å². The summed E-state index contributed by atoms with van der Waals surface area (Å²) < 4.78 is 0.872. The smallest absolute Gasteiger partial charge is 0.130 e. The zero-order valence-corrected chi connectivity index (χ0v) is 7.71. The number of benzene rings is 1. The Morgan fingerprint density at radius 3 is 2.70 bits per heavy atom. The van der Waals surface area contributed by atoms with Gasteiger partial charge in [0.2, 0.25) is 0 Å². The largest absolute Gasteiger partial charge is 0.507 e. The lowest BCUT2D eigenvalue weighted by Gasteiger charge is -2.00. The van der Waals surface area contributed by atoms with Gasteiger partial charge in [-0.25, -0.2) is 0 Å². The third-order valence-corrected chi connectivity index (χ3v) is 2.15. The van der Waals surface area contributed by atoms with Gasteiger partial charge in [0.05, 0.1) is 3.57 Å². The van der Waals surface area contributed by atoms with E-state index in [-0.39, 0.29) is 0 Å². The van der Waals surface area contributed by atoms with E-state index in [4.69, 9.17) is 0 Å². The Labute approximate surface area is 73.4 Å². The molecule has 0 spiro atoms. The third-order valence-electron chi connectivity index (χ3n) is 1.23. The molecule has 0 bridgehead atoms. The van der Waals surface area contributed by atoms with Crippen molar-refractivity contribution in [3.8, 4) is 5.75 Å². The highest BCUT2D eigenvalue weighted by Crippen LogP contribution is 2.22. The van der Waals surface area contributed by atoms with Crippen molar-refractivity contribution in [2.24, 2.45) is 0 Å². The Morgan fingerprint density at radius 1 is 1.50 bits per heavy atom. The Balaban J connectivity index is 3.04. The SMILES string of the molecule is CNc1ccc(I)c(O)c1. The fraction of sp³-hybridized carbons (Fsp3) is 0.143. The number of aromatic hydroxyl groups is 1. The first-order valence-electron chi connectivity index (χ1n) is 2.90. The van der Waals surface area contributed by atoms with Crippen molar-refractivity contribution >= 4 is 28.3 Å². The lowest BCUT2D eigenvalue weighted by Crippen LogP contribution is -1.86. The number of nitrogens with one attached hydrogen (secondary N) is 1. The van der Waals surface area contributed by atoms with Gasteiger partial charge in [0.25, 0.3) is 0 Å². The standard InChI is InChI=1S/C7H8INO/c1-9-5-2-3-6(8)7(10)4-5/h2-4,9-10H,1H3. The fourth-order valence-electron chi connectivity index (χ4n) is 0.668. The van der Waals surface area contributed by atoms with Crippen LogP contribution in [0, 0.1) is 3.57 Å². The molecular weight excluding hydrogens is 241 g/mol. The van der Waals surface area contributed by atoms with Crippen molar-refractivity contribution in [3.05, 3.63) is 21.8 Å². The number of halogens is 1. The van der Waals surface area contributed by atoms with E-state index in [2.05, 4.69) is 27.9 Å². The summed E-state index contributed by atoms with van der Waals surface area (Å²) in [6.07, 6.45) is 0. The number of phenolic OH excluding ortho intramolecular Hbond substituents is 1. The summed E-state index contributed by atoms with van der Waals surface area (Å²) >= 11 is 2.08. The first kappa shape index (κ1) is 7.65. The first-order chi connectivity index (χ1) is 4.74. The van der Waals surface area contributed by atoms with E-state index in [1.807, 2.05) is 19.2 Å². The molecular formula is C7H8INO. The van der Waals surface area contributed by atoms with Gasteiger partial charge in [-0.1, -0.05) is 0 Å². The van der Waals surface area contributed by atoms with Crippen molar-refractivity contribution in [1.29, 1.82) is 0 Å². The highest BCUT2D eigenvalue weighted by molar-refractivity contribution is 14.1. The molecule has 1 rings (SSSR count). The van der Waals surface area contributed by atoms with Crippen molar-refractivity contribution in [1.82, 2.24) is 0 Å². The summed E-state index contributed by atoms with van der Waals surface area (Å²) in [7, 11) is 1.82. The van der Waals surface area contributed by atoms with Crippen LogP contribution < -0.4 is 5.32 Å². The predicted molar refractivity (Wildman–Crippen MR) is 50.4 cm³/mol. The monoisotopic (exact) mass is 249 g/mol. The highest BCUT2D eigenvalue weighted by Gasteiger charge is 1.95. The molecule has 0 radical (unpaired) electrons. The van der Waals surface area contributed by atoms with Gasteiger partial charge in [0.15, 0.2) is 0 Å². The first-order valence-corrected chi connectivity index (χ1v) is 3.98. The lowest BCUT2D eigenvalue weighted by atomic mass is 10.3. The predicted octanol–water partition coefficient (Wildman–Crippen LogP) is 2.04. The van der Waals surface area contributed by atoms with Crippen LogP contribution in [0.4, 0.5) is 5.69 Å². The summed E-state index contributed by atoms with van der Waals surface area (Å²) in [6, 6.07) is 5.48. The van der Waals surface area contributed by atoms with E-state index in [1.165, 1.54) is 0 Å². The van der Waals surface area contributed by atoms with Crippen molar-refractivity contribution < 1.29 is 5.11 Å². The number of phenols is 1. The van der Waals surface area contributed by atoms with E-state index in [0.717, 1.165) is 9.26 Å². The Bertz CT molecular complexity index is 237. The van der Waals surface area contributed by atoms with Crippen molar-refractivity contribution in [2.75, 3.05) is 12.4 Å². The van der Waals surface area contributed by atoms with Crippen LogP contribution in [0.1, 0.15) is 0 Å². The zero-order chi connectivity index (χ0) is 7.56. The third kappa shape index (κ3) is 1.53. The fourth-order valence-corrected chi connectivity index (χ4v) is 1.00. The molecule has 0 heterocycles. The number of anilines is 1. The van der Waals surface area contributed by atoms with E-state index in [0.29, 0.717) is 5.75 Å². The maximum atomic E-state index is 9.18. The van der Waals surface area contributed by atoms with Gasteiger partial charge in [-0.3, -0.25) is 0 Å². The summed E-state index contributed by atoms with van der Waals surface area (Å²) in [4.78, 5) is 0. The average Bonchev–Trinajstić information content (AvgIpc) is 1.95. The average molecular weight is 249 g/mol. The molecule has 0 aliphatic carbocycles. The van der Waals surface area contributed by atoms with E-state index in [9.17, 15) is 5.11 Å². The maximum Gasteiger partial charge on any atom is 0.130 e. The van der Waals surface area contributed by atoms with Crippen LogP contribution in [0.5, 0.6) is 5.75 Å². The minimum absolute atomic E-state index is 0.326. The summed E-state index contributed by atoms with van der Waals surface area (Å²) in [5.74, 6) is 0.326. The van der Waals surface area contributed by atoms with Crippen LogP contribution in [0.3, 0.4) is 0 Å². The van der Waals surface area contributed by atoms with Gasteiger partial charge < -0.3 is 10.4 Å². The molecule has 0 atom stereocenters. The van der Waals surface area contributed by atoms with Gasteiger partial charge in [0, 0.05) is 18.8 Å². The van der Waals surface area contributed by atoms with Crippen molar-refractivity contribution in [2.45, 2.75) is 0 Å². The second-order valence-corrected chi connectivity index (χ2v) is 3.08. The van der Waals surface area contributed by atoms with Gasteiger partial charge in [-0.2, -0.15) is 0 Å². The Hall–Kier alpha value is -0.450. The molecule has 0 aliphatic rings. The van der Waals surface area contributed by atoms with Crippen molar-refractivity contribution in [3.63, 3.8) is 0 Å². The second kappa shape index (κ2) is 3.09. The highest BCUT2D eigenvalue weighted by atomic mass is 127. The number of rotatable bonds is 1. The molecule has 0 aromatic heterocycles. The molecule has 0 saturated heterocycles. The van der Waals surface area contributed by atoms with E-state index < -0.39 is 0 Å². The molecule has 10 heavy (non-hydrogen) atoms. The van der Waals surface area contributed by atoms with Crippen LogP contribution in [0.15, 0.2) is 18.2 Å². The van der Waals surface area contributed by atoms with Crippen LogP contribution in [-0.4, -0.2) is 12.2 Å². The molecule has 0 saturated carbocycles. The zero-order valence-electron chi connectivity index (χ0n) is 5.56. The topological polar surface area (TPSA) is 32.3 Å². The second-order valence-electron chi connectivity index (χ2n) is 1.92. The van der Waals surface area contributed by atoms with Gasteiger partial charge >= 0.3 is 0 Å². The molecule has 1 aromatic carbocycles. The van der Waals surface area contributed by atoms with Gasteiger partial charge in [-0.05, 0) is 34.7 Å². The maximum absolute atomic E-state index is 9.18. The molecule has 2 nitrogen and oxygen atoms in total. The minimum Gasteiger partial charge on any atom is -0.507 e. The molecule has 0 fully saturated rings. The van der Waals surface area contributed by atoms with E-state index in [1.54, 1.807) is 6.07 Å². The van der Waals surface area contributed by atoms with Crippen LogP contribution in [-0.2, 0) is 0 Å². The molecule has 1 aromatic rings. The molecule has 0 aliphatic heterocycles. The normalized spacial score (nSPS) is 9.40. The molecule has 0 unspecified atom stereocenters.